The molecular weight excluding hydrogens is 409 g/mol. The van der Waals surface area contributed by atoms with Crippen LogP contribution in [0.25, 0.3) is 0 Å². The van der Waals surface area contributed by atoms with Crippen LogP contribution in [0.3, 0.4) is 0 Å². The molecule has 31 heavy (non-hydrogen) atoms. The zero-order valence-electron chi connectivity index (χ0n) is 17.6. The SMILES string of the molecule is CCCCc1cc(N2CCC(NC(C)=O)C2)nc(Nc2ccc(N)c(C(F)(F)F)c2)n1. The molecule has 0 radical (unpaired) electrons. The molecule has 1 aromatic heterocycles. The summed E-state index contributed by atoms with van der Waals surface area (Å²) in [5, 5.41) is 5.81. The molecule has 1 aromatic carbocycles. The van der Waals surface area contributed by atoms with Gasteiger partial charge in [-0.2, -0.15) is 18.2 Å². The summed E-state index contributed by atoms with van der Waals surface area (Å²) in [6.07, 6.45) is -1.10. The van der Waals surface area contributed by atoms with Gasteiger partial charge >= 0.3 is 6.18 Å². The molecule has 1 fully saturated rings. The molecule has 10 heteroatoms. The molecule has 1 saturated heterocycles. The number of anilines is 4. The average Bonchev–Trinajstić information content (AvgIpc) is 3.14. The highest BCUT2D eigenvalue weighted by molar-refractivity contribution is 5.73. The average molecular weight is 436 g/mol. The first kappa shape index (κ1) is 22.6. The quantitative estimate of drug-likeness (QED) is 0.570. The predicted molar refractivity (Wildman–Crippen MR) is 114 cm³/mol. The van der Waals surface area contributed by atoms with Crippen LogP contribution in [0.1, 0.15) is 44.4 Å². The van der Waals surface area contributed by atoms with E-state index in [0.717, 1.165) is 37.4 Å². The van der Waals surface area contributed by atoms with Crippen molar-refractivity contribution < 1.29 is 18.0 Å². The second-order valence-corrected chi connectivity index (χ2v) is 7.70. The molecule has 4 N–H and O–H groups in total. The summed E-state index contributed by atoms with van der Waals surface area (Å²) in [5.74, 6) is 0.830. The third-order valence-electron chi connectivity index (χ3n) is 5.09. The van der Waals surface area contributed by atoms with Gasteiger partial charge in [-0.05, 0) is 37.5 Å². The van der Waals surface area contributed by atoms with Crippen LogP contribution < -0.4 is 21.3 Å². The molecule has 0 bridgehead atoms. The lowest BCUT2D eigenvalue weighted by atomic mass is 10.1. The number of nitrogens with two attached hydrogens (primary N) is 1. The monoisotopic (exact) mass is 436 g/mol. The van der Waals surface area contributed by atoms with Gasteiger partial charge in [0, 0.05) is 49.2 Å². The smallest absolute Gasteiger partial charge is 0.398 e. The number of rotatable bonds is 7. The molecule has 1 aliphatic rings. The molecule has 1 atom stereocenters. The van der Waals surface area contributed by atoms with E-state index in [1.54, 1.807) is 0 Å². The third kappa shape index (κ3) is 5.99. The van der Waals surface area contributed by atoms with Crippen LogP contribution in [0.2, 0.25) is 0 Å². The lowest BCUT2D eigenvalue weighted by Gasteiger charge is -2.20. The zero-order chi connectivity index (χ0) is 22.6. The first-order valence-corrected chi connectivity index (χ1v) is 10.3. The maximum absolute atomic E-state index is 13.2. The number of benzene rings is 1. The Balaban J connectivity index is 1.86. The van der Waals surface area contributed by atoms with Crippen LogP contribution in [0.15, 0.2) is 24.3 Å². The molecule has 0 aliphatic carbocycles. The Morgan fingerprint density at radius 3 is 2.74 bits per heavy atom. The van der Waals surface area contributed by atoms with Crippen LogP contribution in [0.4, 0.5) is 36.3 Å². The van der Waals surface area contributed by atoms with Crippen molar-refractivity contribution in [3.8, 4) is 0 Å². The molecule has 2 aromatic rings. The van der Waals surface area contributed by atoms with E-state index in [2.05, 4.69) is 27.5 Å². The van der Waals surface area contributed by atoms with Crippen LogP contribution in [-0.2, 0) is 17.4 Å². The summed E-state index contributed by atoms with van der Waals surface area (Å²) in [6, 6.07) is 5.58. The third-order valence-corrected chi connectivity index (χ3v) is 5.09. The van der Waals surface area contributed by atoms with E-state index in [0.29, 0.717) is 18.9 Å². The molecule has 1 aliphatic heterocycles. The van der Waals surface area contributed by atoms with E-state index < -0.39 is 11.7 Å². The number of hydrogen-bond acceptors (Lipinski definition) is 6. The number of carbonyl (C=O) groups excluding carboxylic acids is 1. The summed E-state index contributed by atoms with van der Waals surface area (Å²) in [4.78, 5) is 22.4. The summed E-state index contributed by atoms with van der Waals surface area (Å²) < 4.78 is 39.6. The van der Waals surface area contributed by atoms with Gasteiger partial charge in [-0.1, -0.05) is 13.3 Å². The fraction of sp³-hybridized carbons (Fsp3) is 0.476. The number of nitrogens with zero attached hydrogens (tertiary/aromatic N) is 3. The fourth-order valence-electron chi connectivity index (χ4n) is 3.57. The Labute approximate surface area is 179 Å². The molecule has 0 spiro atoms. The highest BCUT2D eigenvalue weighted by Crippen LogP contribution is 2.35. The Morgan fingerprint density at radius 1 is 1.29 bits per heavy atom. The van der Waals surface area contributed by atoms with Gasteiger partial charge in [-0.3, -0.25) is 4.79 Å². The van der Waals surface area contributed by atoms with Gasteiger partial charge in [0.15, 0.2) is 0 Å². The number of aryl methyl sites for hydroxylation is 1. The first-order chi connectivity index (χ1) is 14.7. The maximum Gasteiger partial charge on any atom is 0.418 e. The molecule has 7 nitrogen and oxygen atoms in total. The highest BCUT2D eigenvalue weighted by atomic mass is 19.4. The first-order valence-electron chi connectivity index (χ1n) is 10.3. The van der Waals surface area contributed by atoms with Gasteiger partial charge in [0.25, 0.3) is 0 Å². The van der Waals surface area contributed by atoms with Crippen LogP contribution >= 0.6 is 0 Å². The molecular formula is C21H27F3N6O. The number of unbranched alkanes of at least 4 members (excludes halogenated alkanes) is 1. The van der Waals surface area contributed by atoms with E-state index in [9.17, 15) is 18.0 Å². The normalized spacial score (nSPS) is 16.4. The van der Waals surface area contributed by atoms with Crippen molar-refractivity contribution in [1.29, 1.82) is 0 Å². The second-order valence-electron chi connectivity index (χ2n) is 7.70. The summed E-state index contributed by atoms with van der Waals surface area (Å²) in [5.41, 5.74) is 5.26. The summed E-state index contributed by atoms with van der Waals surface area (Å²) in [6.45, 7) is 4.89. The van der Waals surface area contributed by atoms with E-state index in [1.807, 2.05) is 11.0 Å². The van der Waals surface area contributed by atoms with Crippen molar-refractivity contribution in [2.24, 2.45) is 0 Å². The summed E-state index contributed by atoms with van der Waals surface area (Å²) >= 11 is 0. The number of aromatic nitrogens is 2. The number of nitrogen functional groups attached to an aromatic ring is 1. The van der Waals surface area contributed by atoms with Gasteiger partial charge in [0.05, 0.1) is 5.56 Å². The Bertz CT molecular complexity index is 934. The van der Waals surface area contributed by atoms with Crippen molar-refractivity contribution in [1.82, 2.24) is 15.3 Å². The van der Waals surface area contributed by atoms with Gasteiger partial charge in [0.1, 0.15) is 5.82 Å². The van der Waals surface area contributed by atoms with Crippen molar-refractivity contribution in [3.63, 3.8) is 0 Å². The number of nitrogens with one attached hydrogen (secondary N) is 2. The van der Waals surface area contributed by atoms with Gasteiger partial charge in [-0.15, -0.1) is 0 Å². The molecule has 168 valence electrons. The van der Waals surface area contributed by atoms with Gasteiger partial charge in [-0.25, -0.2) is 4.98 Å². The lowest BCUT2D eigenvalue weighted by molar-refractivity contribution is -0.136. The van der Waals surface area contributed by atoms with Gasteiger partial charge < -0.3 is 21.3 Å². The molecule has 2 heterocycles. The highest BCUT2D eigenvalue weighted by Gasteiger charge is 2.33. The number of amides is 1. The summed E-state index contributed by atoms with van der Waals surface area (Å²) in [7, 11) is 0. The minimum atomic E-state index is -4.55. The predicted octanol–water partition coefficient (Wildman–Crippen LogP) is 3.88. The number of carbonyl (C=O) groups is 1. The number of alkyl halides is 3. The lowest BCUT2D eigenvalue weighted by Crippen LogP contribution is -2.35. The van der Waals surface area contributed by atoms with Crippen LogP contribution in [0, 0.1) is 0 Å². The zero-order valence-corrected chi connectivity index (χ0v) is 17.6. The second kappa shape index (κ2) is 9.40. The molecule has 0 saturated carbocycles. The maximum atomic E-state index is 13.2. The minimum Gasteiger partial charge on any atom is -0.398 e. The number of hydrogen-bond donors (Lipinski definition) is 3. The number of halogens is 3. The molecule has 1 amide bonds. The topological polar surface area (TPSA) is 96.2 Å². The van der Waals surface area contributed by atoms with Crippen molar-refractivity contribution in [3.05, 3.63) is 35.5 Å². The van der Waals surface area contributed by atoms with Crippen LogP contribution in [0.5, 0.6) is 0 Å². The fourth-order valence-corrected chi connectivity index (χ4v) is 3.57. The van der Waals surface area contributed by atoms with E-state index in [-0.39, 0.29) is 29.3 Å². The largest absolute Gasteiger partial charge is 0.418 e. The van der Waals surface area contributed by atoms with E-state index in [1.165, 1.54) is 19.1 Å². The van der Waals surface area contributed by atoms with E-state index in [4.69, 9.17) is 5.73 Å². The molecule has 1 unspecified atom stereocenters. The van der Waals surface area contributed by atoms with Crippen molar-refractivity contribution >= 4 is 29.0 Å². The Hall–Kier alpha value is -3.04. The Morgan fingerprint density at radius 2 is 2.06 bits per heavy atom. The van der Waals surface area contributed by atoms with Gasteiger partial charge in [0.2, 0.25) is 11.9 Å². The van der Waals surface area contributed by atoms with Crippen molar-refractivity contribution in [2.45, 2.75) is 51.7 Å². The van der Waals surface area contributed by atoms with E-state index >= 15 is 0 Å². The molecule has 3 rings (SSSR count). The standard InChI is InChI=1S/C21H27F3N6O/c1-3-4-5-14-11-19(30-9-8-16(12-30)26-13(2)31)29-20(27-14)28-15-6-7-18(25)17(10-15)21(22,23)24/h6-7,10-11,16H,3-5,8-9,12,25H2,1-2H3,(H,26,31)(H,27,28,29). The minimum absolute atomic E-state index is 0.0365. The van der Waals surface area contributed by atoms with Crippen molar-refractivity contribution in [2.75, 3.05) is 29.0 Å². The van der Waals surface area contributed by atoms with Crippen LogP contribution in [-0.4, -0.2) is 35.0 Å². The Kier molecular flexibility index (Phi) is 6.87.